The van der Waals surface area contributed by atoms with Crippen molar-refractivity contribution >= 4 is 16.9 Å². The minimum Gasteiger partial charge on any atom is -0.346 e. The predicted octanol–water partition coefficient (Wildman–Crippen LogP) is 5.34. The fourth-order valence-electron chi connectivity index (χ4n) is 4.38. The predicted molar refractivity (Wildman–Crippen MR) is 123 cm³/mol. The van der Waals surface area contributed by atoms with Crippen molar-refractivity contribution in [3.63, 3.8) is 0 Å². The van der Waals surface area contributed by atoms with E-state index in [4.69, 9.17) is 0 Å². The molecule has 2 aromatic carbocycles. The number of aryl methyl sites for hydroxylation is 1. The Kier molecular flexibility index (Phi) is 4.62. The fraction of sp³-hybridized carbons (Fsp3) is 0.269. The molecule has 31 heavy (non-hydrogen) atoms. The second-order valence-corrected chi connectivity index (χ2v) is 9.27. The Bertz CT molecular complexity index is 1260. The maximum absolute atomic E-state index is 12.8. The van der Waals surface area contributed by atoms with E-state index in [9.17, 15) is 4.79 Å². The molecule has 1 aliphatic rings. The van der Waals surface area contributed by atoms with Crippen LogP contribution >= 0.6 is 0 Å². The Balaban J connectivity index is 1.36. The molecule has 156 valence electrons. The summed E-state index contributed by atoms with van der Waals surface area (Å²) in [4.78, 5) is 24.8. The monoisotopic (exact) mass is 410 g/mol. The molecular weight excluding hydrogens is 384 g/mol. The number of nitrogens with zero attached hydrogens (tertiary/aromatic N) is 2. The number of nitrogens with one attached hydrogen (secondary N) is 2. The molecule has 0 saturated heterocycles. The van der Waals surface area contributed by atoms with E-state index in [1.807, 2.05) is 36.5 Å². The lowest BCUT2D eigenvalue weighted by Crippen LogP contribution is -2.27. The van der Waals surface area contributed by atoms with Gasteiger partial charge >= 0.3 is 0 Å². The van der Waals surface area contributed by atoms with Gasteiger partial charge in [-0.2, -0.15) is 0 Å². The summed E-state index contributed by atoms with van der Waals surface area (Å²) < 4.78 is 0. The molecule has 0 bridgehead atoms. The summed E-state index contributed by atoms with van der Waals surface area (Å²) in [6.45, 7) is 6.52. The van der Waals surface area contributed by atoms with Crippen LogP contribution in [0.2, 0.25) is 0 Å². The van der Waals surface area contributed by atoms with Crippen LogP contribution in [0.5, 0.6) is 0 Å². The molecule has 5 rings (SSSR count). The van der Waals surface area contributed by atoms with Gasteiger partial charge in [-0.3, -0.25) is 4.79 Å². The van der Waals surface area contributed by atoms with Crippen molar-refractivity contribution in [1.82, 2.24) is 20.3 Å². The van der Waals surface area contributed by atoms with Crippen molar-refractivity contribution < 1.29 is 4.79 Å². The third kappa shape index (κ3) is 3.61. The molecule has 4 aromatic rings. The summed E-state index contributed by atoms with van der Waals surface area (Å²) in [5.41, 5.74) is 7.32. The zero-order valence-electron chi connectivity index (χ0n) is 18.1. The molecule has 1 amide bonds. The molecule has 2 heterocycles. The van der Waals surface area contributed by atoms with Crippen LogP contribution in [-0.4, -0.2) is 20.9 Å². The summed E-state index contributed by atoms with van der Waals surface area (Å²) in [6.07, 6.45) is 5.33. The van der Waals surface area contributed by atoms with Crippen molar-refractivity contribution in [2.75, 3.05) is 0 Å². The molecule has 0 fully saturated rings. The van der Waals surface area contributed by atoms with E-state index in [1.165, 1.54) is 16.7 Å². The Morgan fingerprint density at radius 2 is 1.87 bits per heavy atom. The Labute approximate surface area is 182 Å². The number of H-pyrrole nitrogens is 1. The van der Waals surface area contributed by atoms with E-state index < -0.39 is 0 Å². The minimum atomic E-state index is -0.0211. The third-order valence-corrected chi connectivity index (χ3v) is 6.17. The van der Waals surface area contributed by atoms with Crippen LogP contribution in [0.25, 0.3) is 22.3 Å². The van der Waals surface area contributed by atoms with Crippen molar-refractivity contribution in [1.29, 1.82) is 0 Å². The molecule has 0 spiro atoms. The molecule has 0 radical (unpaired) electrons. The number of carbonyl (C=O) groups excluding carboxylic acids is 1. The van der Waals surface area contributed by atoms with E-state index in [2.05, 4.69) is 59.2 Å². The summed E-state index contributed by atoms with van der Waals surface area (Å²) >= 11 is 0. The SMILES string of the molecule is CC(C)(C)c1ccc(C(=O)NC2CCc3cc(-c4ncnc5[nH]ccc45)ccc32)cc1. The topological polar surface area (TPSA) is 70.7 Å². The first-order chi connectivity index (χ1) is 14.9. The Hall–Kier alpha value is -3.47. The molecule has 0 saturated carbocycles. The van der Waals surface area contributed by atoms with E-state index >= 15 is 0 Å². The highest BCUT2D eigenvalue weighted by Crippen LogP contribution is 2.35. The quantitative estimate of drug-likeness (QED) is 0.479. The number of carbonyl (C=O) groups is 1. The van der Waals surface area contributed by atoms with Crippen LogP contribution in [0.4, 0.5) is 0 Å². The minimum absolute atomic E-state index is 0.0211. The normalized spacial score (nSPS) is 15.8. The van der Waals surface area contributed by atoms with Gasteiger partial charge in [0.05, 0.1) is 11.7 Å². The van der Waals surface area contributed by atoms with Crippen LogP contribution in [-0.2, 0) is 11.8 Å². The molecule has 0 aliphatic heterocycles. The van der Waals surface area contributed by atoms with Gasteiger partial charge < -0.3 is 10.3 Å². The number of amides is 1. The molecule has 1 atom stereocenters. The fourth-order valence-corrected chi connectivity index (χ4v) is 4.38. The summed E-state index contributed by atoms with van der Waals surface area (Å²) in [5.74, 6) is -0.0211. The van der Waals surface area contributed by atoms with E-state index in [0.717, 1.165) is 35.1 Å². The molecule has 2 aromatic heterocycles. The third-order valence-electron chi connectivity index (χ3n) is 6.17. The standard InChI is InChI=1S/C26H26N4O/c1-26(2,3)19-8-4-16(5-9-19)25(31)30-22-11-7-17-14-18(6-10-20(17)22)23-21-12-13-27-24(21)29-15-28-23/h4-6,8-10,12-15,22H,7,11H2,1-3H3,(H,30,31)(H,27,28,29). The maximum atomic E-state index is 12.8. The van der Waals surface area contributed by atoms with Gasteiger partial charge in [-0.25, -0.2) is 9.97 Å². The largest absolute Gasteiger partial charge is 0.346 e. The van der Waals surface area contributed by atoms with E-state index in [-0.39, 0.29) is 17.4 Å². The smallest absolute Gasteiger partial charge is 0.251 e. The van der Waals surface area contributed by atoms with Gasteiger partial charge in [-0.1, -0.05) is 45.0 Å². The zero-order valence-corrected chi connectivity index (χ0v) is 18.1. The number of aromatic nitrogens is 3. The lowest BCUT2D eigenvalue weighted by molar-refractivity contribution is 0.0936. The van der Waals surface area contributed by atoms with Crippen molar-refractivity contribution in [2.45, 2.75) is 45.1 Å². The first-order valence-electron chi connectivity index (χ1n) is 10.7. The van der Waals surface area contributed by atoms with Crippen LogP contribution < -0.4 is 5.32 Å². The van der Waals surface area contributed by atoms with Gasteiger partial charge in [0, 0.05) is 22.7 Å². The van der Waals surface area contributed by atoms with Gasteiger partial charge in [-0.15, -0.1) is 0 Å². The number of hydrogen-bond donors (Lipinski definition) is 2. The van der Waals surface area contributed by atoms with Crippen molar-refractivity contribution in [2.24, 2.45) is 0 Å². The summed E-state index contributed by atoms with van der Waals surface area (Å²) in [6, 6.07) is 16.4. The highest BCUT2D eigenvalue weighted by atomic mass is 16.1. The van der Waals surface area contributed by atoms with E-state index in [1.54, 1.807) is 6.33 Å². The maximum Gasteiger partial charge on any atom is 0.251 e. The van der Waals surface area contributed by atoms with Gasteiger partial charge in [-0.05, 0) is 59.2 Å². The lowest BCUT2D eigenvalue weighted by Gasteiger charge is -2.19. The molecule has 1 aliphatic carbocycles. The molecule has 2 N–H and O–H groups in total. The molecule has 5 nitrogen and oxygen atoms in total. The second-order valence-electron chi connectivity index (χ2n) is 9.27. The van der Waals surface area contributed by atoms with Crippen LogP contribution in [0.15, 0.2) is 61.1 Å². The van der Waals surface area contributed by atoms with Crippen LogP contribution in [0, 0.1) is 0 Å². The number of rotatable bonds is 3. The highest BCUT2D eigenvalue weighted by molar-refractivity contribution is 5.94. The molecular formula is C26H26N4O. The number of fused-ring (bicyclic) bond motifs is 2. The van der Waals surface area contributed by atoms with E-state index in [0.29, 0.717) is 5.56 Å². The van der Waals surface area contributed by atoms with Crippen LogP contribution in [0.1, 0.15) is 60.3 Å². The van der Waals surface area contributed by atoms with Gasteiger partial charge in [0.2, 0.25) is 0 Å². The Morgan fingerprint density at radius 3 is 2.65 bits per heavy atom. The average molecular weight is 411 g/mol. The second kappa shape index (κ2) is 7.34. The summed E-state index contributed by atoms with van der Waals surface area (Å²) in [7, 11) is 0. The summed E-state index contributed by atoms with van der Waals surface area (Å²) in [5, 5.41) is 4.24. The number of benzene rings is 2. The molecule has 5 heteroatoms. The highest BCUT2D eigenvalue weighted by Gasteiger charge is 2.25. The zero-order chi connectivity index (χ0) is 21.6. The first-order valence-corrected chi connectivity index (χ1v) is 10.7. The van der Waals surface area contributed by atoms with Gasteiger partial charge in [0.1, 0.15) is 12.0 Å². The first kappa shape index (κ1) is 19.5. The van der Waals surface area contributed by atoms with Gasteiger partial charge in [0.25, 0.3) is 5.91 Å². The lowest BCUT2D eigenvalue weighted by atomic mass is 9.86. The number of hydrogen-bond acceptors (Lipinski definition) is 3. The van der Waals surface area contributed by atoms with Crippen molar-refractivity contribution in [3.05, 3.63) is 83.3 Å². The van der Waals surface area contributed by atoms with Gasteiger partial charge in [0.15, 0.2) is 0 Å². The number of aromatic amines is 1. The Morgan fingerprint density at radius 1 is 1.06 bits per heavy atom. The van der Waals surface area contributed by atoms with Crippen LogP contribution in [0.3, 0.4) is 0 Å². The average Bonchev–Trinajstić information content (AvgIpc) is 3.40. The van der Waals surface area contributed by atoms with Crippen molar-refractivity contribution in [3.8, 4) is 11.3 Å². The molecule has 1 unspecified atom stereocenters.